The van der Waals surface area contributed by atoms with E-state index in [1.165, 1.54) is 0 Å². The van der Waals surface area contributed by atoms with E-state index in [0.717, 1.165) is 5.56 Å². The molecule has 0 aromatic carbocycles. The normalized spacial score (nSPS) is 25.7. The van der Waals surface area contributed by atoms with Gasteiger partial charge in [0.05, 0.1) is 12.7 Å². The summed E-state index contributed by atoms with van der Waals surface area (Å²) in [7, 11) is 0. The number of amides is 1. The van der Waals surface area contributed by atoms with Gasteiger partial charge in [0.25, 0.3) is 0 Å². The van der Waals surface area contributed by atoms with Crippen molar-refractivity contribution in [2.45, 2.75) is 25.6 Å². The van der Waals surface area contributed by atoms with Crippen LogP contribution in [0.2, 0.25) is 0 Å². The van der Waals surface area contributed by atoms with Crippen molar-refractivity contribution in [3.05, 3.63) is 30.1 Å². The Morgan fingerprint density at radius 1 is 1.71 bits per heavy atom. The Labute approximate surface area is 101 Å². The van der Waals surface area contributed by atoms with Crippen molar-refractivity contribution in [2.24, 2.45) is 5.73 Å². The number of carbonyl (C=O) groups is 1. The number of aromatic nitrogens is 1. The van der Waals surface area contributed by atoms with Gasteiger partial charge in [-0.15, -0.1) is 0 Å². The van der Waals surface area contributed by atoms with E-state index in [0.29, 0.717) is 19.7 Å². The van der Waals surface area contributed by atoms with Gasteiger partial charge in [-0.2, -0.15) is 0 Å². The quantitative estimate of drug-likeness (QED) is 0.810. The molecule has 0 radical (unpaired) electrons. The fraction of sp³-hybridized carbons (Fsp3) is 0.500. The maximum Gasteiger partial charge on any atom is 0.237 e. The van der Waals surface area contributed by atoms with Crippen molar-refractivity contribution >= 4 is 5.91 Å². The number of hydrogen-bond acceptors (Lipinski definition) is 4. The van der Waals surface area contributed by atoms with Crippen LogP contribution in [-0.2, 0) is 16.1 Å². The molecule has 5 heteroatoms. The monoisotopic (exact) mass is 235 g/mol. The molecule has 92 valence electrons. The predicted molar refractivity (Wildman–Crippen MR) is 63.0 cm³/mol. The topological polar surface area (TPSA) is 68.4 Å². The van der Waals surface area contributed by atoms with Crippen molar-refractivity contribution in [2.75, 3.05) is 13.2 Å². The van der Waals surface area contributed by atoms with Crippen LogP contribution in [0.1, 0.15) is 12.5 Å². The lowest BCUT2D eigenvalue weighted by molar-refractivity contribution is -0.136. The number of morpholine rings is 1. The second kappa shape index (κ2) is 5.25. The van der Waals surface area contributed by atoms with E-state index < -0.39 is 0 Å². The first-order valence-electron chi connectivity index (χ1n) is 5.72. The van der Waals surface area contributed by atoms with Gasteiger partial charge in [-0.3, -0.25) is 14.7 Å². The van der Waals surface area contributed by atoms with Gasteiger partial charge in [-0.05, 0) is 18.6 Å². The third kappa shape index (κ3) is 2.81. The smallest absolute Gasteiger partial charge is 0.237 e. The SMILES string of the molecule is C[C@H]1OCCN(Cc2cccnc2)[C@@H]1C(N)=O. The summed E-state index contributed by atoms with van der Waals surface area (Å²) in [6, 6.07) is 3.52. The van der Waals surface area contributed by atoms with Crippen molar-refractivity contribution in [3.63, 3.8) is 0 Å². The van der Waals surface area contributed by atoms with E-state index in [4.69, 9.17) is 10.5 Å². The maximum absolute atomic E-state index is 11.5. The lowest BCUT2D eigenvalue weighted by Crippen LogP contribution is -2.56. The zero-order chi connectivity index (χ0) is 12.3. The minimum Gasteiger partial charge on any atom is -0.375 e. The molecule has 2 N–H and O–H groups in total. The first-order chi connectivity index (χ1) is 8.18. The van der Waals surface area contributed by atoms with Crippen molar-refractivity contribution in [1.29, 1.82) is 0 Å². The molecular formula is C12H17N3O2. The zero-order valence-corrected chi connectivity index (χ0v) is 9.87. The van der Waals surface area contributed by atoms with Crippen LogP contribution in [0, 0.1) is 0 Å². The number of nitrogens with zero attached hydrogens (tertiary/aromatic N) is 2. The Morgan fingerprint density at radius 3 is 3.18 bits per heavy atom. The summed E-state index contributed by atoms with van der Waals surface area (Å²) < 4.78 is 5.46. The molecule has 2 heterocycles. The molecule has 17 heavy (non-hydrogen) atoms. The minimum atomic E-state index is -0.357. The predicted octanol–water partition coefficient (Wildman–Crippen LogP) is 0.156. The van der Waals surface area contributed by atoms with Gasteiger partial charge in [0.15, 0.2) is 0 Å². The zero-order valence-electron chi connectivity index (χ0n) is 9.87. The number of rotatable bonds is 3. The Bertz CT molecular complexity index is 383. The van der Waals surface area contributed by atoms with E-state index in [9.17, 15) is 4.79 Å². The summed E-state index contributed by atoms with van der Waals surface area (Å²) in [6.45, 7) is 3.90. The van der Waals surface area contributed by atoms with Gasteiger partial charge in [0.1, 0.15) is 6.04 Å². The molecule has 1 aromatic rings. The molecule has 1 fully saturated rings. The standard InChI is InChI=1S/C12H17N3O2/c1-9-11(12(13)16)15(5-6-17-9)8-10-3-2-4-14-7-10/h2-4,7,9,11H,5-6,8H2,1H3,(H2,13,16)/t9-,11+/m1/s1. The van der Waals surface area contributed by atoms with Crippen LogP contribution in [0.25, 0.3) is 0 Å². The first kappa shape index (κ1) is 12.0. The summed E-state index contributed by atoms with van der Waals surface area (Å²) in [5, 5.41) is 0. The van der Waals surface area contributed by atoms with Crippen LogP contribution < -0.4 is 5.73 Å². The largest absolute Gasteiger partial charge is 0.375 e. The second-order valence-electron chi connectivity index (χ2n) is 4.25. The molecule has 1 aromatic heterocycles. The third-order valence-corrected chi connectivity index (χ3v) is 3.00. The molecule has 5 nitrogen and oxygen atoms in total. The molecule has 0 bridgehead atoms. The molecule has 2 atom stereocenters. The van der Waals surface area contributed by atoms with Crippen LogP contribution in [0.3, 0.4) is 0 Å². The first-order valence-corrected chi connectivity index (χ1v) is 5.72. The second-order valence-corrected chi connectivity index (χ2v) is 4.25. The molecule has 0 spiro atoms. The van der Waals surface area contributed by atoms with Crippen LogP contribution >= 0.6 is 0 Å². The average Bonchev–Trinajstić information content (AvgIpc) is 2.30. The molecule has 0 unspecified atom stereocenters. The van der Waals surface area contributed by atoms with Gasteiger partial charge in [0, 0.05) is 25.5 Å². The Balaban J connectivity index is 2.10. The van der Waals surface area contributed by atoms with Gasteiger partial charge >= 0.3 is 0 Å². The lowest BCUT2D eigenvalue weighted by atomic mass is 10.1. The number of hydrogen-bond donors (Lipinski definition) is 1. The van der Waals surface area contributed by atoms with E-state index in [1.54, 1.807) is 12.4 Å². The highest BCUT2D eigenvalue weighted by Gasteiger charge is 2.33. The Kier molecular flexibility index (Phi) is 3.71. The summed E-state index contributed by atoms with van der Waals surface area (Å²) >= 11 is 0. The Hall–Kier alpha value is -1.46. The number of primary amides is 1. The van der Waals surface area contributed by atoms with Gasteiger partial charge in [-0.1, -0.05) is 6.07 Å². The van der Waals surface area contributed by atoms with Crippen LogP contribution in [0.5, 0.6) is 0 Å². The van der Waals surface area contributed by atoms with Gasteiger partial charge < -0.3 is 10.5 Å². The van der Waals surface area contributed by atoms with E-state index in [1.807, 2.05) is 24.0 Å². The molecule has 2 rings (SSSR count). The van der Waals surface area contributed by atoms with Crippen LogP contribution in [0.4, 0.5) is 0 Å². The van der Waals surface area contributed by atoms with Crippen LogP contribution in [0.15, 0.2) is 24.5 Å². The minimum absolute atomic E-state index is 0.155. The van der Waals surface area contributed by atoms with Gasteiger partial charge in [-0.25, -0.2) is 0 Å². The Morgan fingerprint density at radius 2 is 2.53 bits per heavy atom. The van der Waals surface area contributed by atoms with E-state index >= 15 is 0 Å². The fourth-order valence-electron chi connectivity index (χ4n) is 2.20. The van der Waals surface area contributed by atoms with E-state index in [-0.39, 0.29) is 18.1 Å². The highest BCUT2D eigenvalue weighted by atomic mass is 16.5. The highest BCUT2D eigenvalue weighted by Crippen LogP contribution is 2.16. The maximum atomic E-state index is 11.5. The van der Waals surface area contributed by atoms with Crippen LogP contribution in [-0.4, -0.2) is 41.1 Å². The third-order valence-electron chi connectivity index (χ3n) is 3.00. The summed E-state index contributed by atoms with van der Waals surface area (Å²) in [5.74, 6) is -0.332. The lowest BCUT2D eigenvalue weighted by Gasteiger charge is -2.37. The molecule has 1 aliphatic rings. The average molecular weight is 235 g/mol. The molecule has 0 saturated carbocycles. The number of pyridine rings is 1. The molecule has 1 amide bonds. The number of carbonyl (C=O) groups excluding carboxylic acids is 1. The number of ether oxygens (including phenoxy) is 1. The number of nitrogens with two attached hydrogens (primary N) is 1. The van der Waals surface area contributed by atoms with Crippen molar-refractivity contribution in [1.82, 2.24) is 9.88 Å². The van der Waals surface area contributed by atoms with E-state index in [2.05, 4.69) is 4.98 Å². The summed E-state index contributed by atoms with van der Waals surface area (Å²) in [4.78, 5) is 17.6. The van der Waals surface area contributed by atoms with Crippen molar-refractivity contribution < 1.29 is 9.53 Å². The summed E-state index contributed by atoms with van der Waals surface area (Å²) in [5.41, 5.74) is 6.50. The van der Waals surface area contributed by atoms with Crippen molar-refractivity contribution in [3.8, 4) is 0 Å². The molecule has 1 saturated heterocycles. The molecule has 0 aliphatic carbocycles. The summed E-state index contributed by atoms with van der Waals surface area (Å²) in [6.07, 6.45) is 3.38. The molecule has 1 aliphatic heterocycles. The molecular weight excluding hydrogens is 218 g/mol. The van der Waals surface area contributed by atoms with Gasteiger partial charge in [0.2, 0.25) is 5.91 Å². The fourth-order valence-corrected chi connectivity index (χ4v) is 2.20. The highest BCUT2D eigenvalue weighted by molar-refractivity contribution is 5.80.